The predicted molar refractivity (Wildman–Crippen MR) is 71.5 cm³/mol. The van der Waals surface area contributed by atoms with Crippen LogP contribution in [0.5, 0.6) is 0 Å². The highest BCUT2D eigenvalue weighted by Crippen LogP contribution is 2.23. The average Bonchev–Trinajstić information content (AvgIpc) is 2.57. The van der Waals surface area contributed by atoms with E-state index in [0.29, 0.717) is 27.2 Å². The zero-order valence-electron chi connectivity index (χ0n) is 9.94. The Bertz CT molecular complexity index is 615. The van der Waals surface area contributed by atoms with Gasteiger partial charge in [-0.1, -0.05) is 0 Å². The van der Waals surface area contributed by atoms with Gasteiger partial charge in [-0.3, -0.25) is 9.78 Å². The smallest absolute Gasteiger partial charge is 0.252 e. The number of aromatic nitrogens is 3. The number of anilines is 1. The number of halogens is 1. The molecule has 0 saturated carbocycles. The molecule has 0 atom stereocenters. The summed E-state index contributed by atoms with van der Waals surface area (Å²) >= 11 is 3.27. The fourth-order valence-electron chi connectivity index (χ4n) is 1.78. The first-order valence-corrected chi connectivity index (χ1v) is 5.98. The van der Waals surface area contributed by atoms with Crippen molar-refractivity contribution in [2.24, 2.45) is 5.73 Å². The lowest BCUT2D eigenvalue weighted by Gasteiger charge is -2.10. The van der Waals surface area contributed by atoms with Crippen molar-refractivity contribution in [1.29, 1.82) is 0 Å². The lowest BCUT2D eigenvalue weighted by atomic mass is 10.1. The van der Waals surface area contributed by atoms with Gasteiger partial charge in [0.05, 0.1) is 21.4 Å². The minimum atomic E-state index is -0.541. The first-order valence-electron chi connectivity index (χ1n) is 5.19. The minimum Gasteiger partial charge on any atom is -0.381 e. The van der Waals surface area contributed by atoms with Crippen LogP contribution in [0.2, 0.25) is 0 Å². The molecule has 2 heterocycles. The number of amides is 1. The Morgan fingerprint density at radius 2 is 2.11 bits per heavy atom. The van der Waals surface area contributed by atoms with Gasteiger partial charge in [0.15, 0.2) is 5.82 Å². The molecular formula is C11H12BrN5O. The quantitative estimate of drug-likeness (QED) is 0.874. The van der Waals surface area contributed by atoms with E-state index in [2.05, 4.69) is 26.0 Å². The van der Waals surface area contributed by atoms with Gasteiger partial charge in [0, 0.05) is 11.9 Å². The molecule has 94 valence electrons. The molecular weight excluding hydrogens is 298 g/mol. The molecule has 2 aromatic heterocycles. The van der Waals surface area contributed by atoms with Crippen LogP contribution in [0.15, 0.2) is 16.7 Å². The van der Waals surface area contributed by atoms with Crippen molar-refractivity contribution >= 4 is 27.7 Å². The number of aryl methyl sites for hydroxylation is 2. The molecule has 0 aromatic carbocycles. The van der Waals surface area contributed by atoms with Gasteiger partial charge in [-0.05, 0) is 35.8 Å². The van der Waals surface area contributed by atoms with Crippen molar-refractivity contribution in [3.63, 3.8) is 0 Å². The summed E-state index contributed by atoms with van der Waals surface area (Å²) < 4.78 is 2.17. The van der Waals surface area contributed by atoms with Crippen molar-refractivity contribution in [3.8, 4) is 5.69 Å². The summed E-state index contributed by atoms with van der Waals surface area (Å²) in [5.74, 6) is -0.197. The van der Waals surface area contributed by atoms with Crippen molar-refractivity contribution in [3.05, 3.63) is 33.7 Å². The molecule has 0 saturated heterocycles. The topological polar surface area (TPSA) is 99.8 Å². The monoisotopic (exact) mass is 309 g/mol. The summed E-state index contributed by atoms with van der Waals surface area (Å²) in [6, 6.07) is 1.74. The molecule has 0 fully saturated rings. The van der Waals surface area contributed by atoms with Crippen molar-refractivity contribution < 1.29 is 4.79 Å². The van der Waals surface area contributed by atoms with Gasteiger partial charge in [-0.15, -0.1) is 5.10 Å². The maximum absolute atomic E-state index is 11.5. The van der Waals surface area contributed by atoms with Crippen LogP contribution in [-0.4, -0.2) is 20.7 Å². The third-order valence-electron chi connectivity index (χ3n) is 2.50. The highest BCUT2D eigenvalue weighted by atomic mass is 79.9. The van der Waals surface area contributed by atoms with E-state index in [4.69, 9.17) is 11.5 Å². The van der Waals surface area contributed by atoms with E-state index in [1.165, 1.54) is 4.68 Å². The van der Waals surface area contributed by atoms with E-state index in [9.17, 15) is 4.79 Å². The number of carbonyl (C=O) groups is 1. The number of carbonyl (C=O) groups excluding carboxylic acids is 1. The molecule has 2 aromatic rings. The lowest BCUT2D eigenvalue weighted by Crippen LogP contribution is -2.18. The van der Waals surface area contributed by atoms with E-state index < -0.39 is 5.91 Å². The van der Waals surface area contributed by atoms with E-state index in [1.807, 2.05) is 6.92 Å². The Hall–Kier alpha value is -1.89. The highest BCUT2D eigenvalue weighted by molar-refractivity contribution is 9.10. The summed E-state index contributed by atoms with van der Waals surface area (Å²) in [4.78, 5) is 15.7. The number of primary amides is 1. The SMILES string of the molecule is Cc1cc(-n2cc(Br)c(N)n2)c(C(N)=O)c(C)n1. The summed E-state index contributed by atoms with van der Waals surface area (Å²) in [5, 5.41) is 4.12. The number of rotatable bonds is 2. The Balaban J connectivity index is 2.73. The minimum absolute atomic E-state index is 0.343. The third-order valence-corrected chi connectivity index (χ3v) is 3.11. The zero-order chi connectivity index (χ0) is 13.4. The number of hydrogen-bond acceptors (Lipinski definition) is 4. The zero-order valence-corrected chi connectivity index (χ0v) is 11.5. The van der Waals surface area contributed by atoms with Crippen LogP contribution in [0.1, 0.15) is 21.7 Å². The Labute approximate surface area is 112 Å². The molecule has 0 spiro atoms. The Morgan fingerprint density at radius 1 is 1.44 bits per heavy atom. The van der Waals surface area contributed by atoms with Crippen LogP contribution in [0.25, 0.3) is 5.69 Å². The van der Waals surface area contributed by atoms with Gasteiger partial charge in [-0.2, -0.15) is 0 Å². The summed E-state index contributed by atoms with van der Waals surface area (Å²) in [6.45, 7) is 3.57. The van der Waals surface area contributed by atoms with Crippen molar-refractivity contribution in [2.45, 2.75) is 13.8 Å². The van der Waals surface area contributed by atoms with Gasteiger partial charge in [-0.25, -0.2) is 4.68 Å². The second-order valence-electron chi connectivity index (χ2n) is 3.91. The largest absolute Gasteiger partial charge is 0.381 e. The second-order valence-corrected chi connectivity index (χ2v) is 4.77. The predicted octanol–water partition coefficient (Wildman–Crippen LogP) is 1.33. The molecule has 18 heavy (non-hydrogen) atoms. The number of nitrogens with zero attached hydrogens (tertiary/aromatic N) is 3. The molecule has 0 radical (unpaired) electrons. The Kier molecular flexibility index (Phi) is 3.08. The van der Waals surface area contributed by atoms with Crippen LogP contribution >= 0.6 is 15.9 Å². The number of pyridine rings is 1. The molecule has 6 nitrogen and oxygen atoms in total. The van der Waals surface area contributed by atoms with Crippen molar-refractivity contribution in [1.82, 2.24) is 14.8 Å². The van der Waals surface area contributed by atoms with Crippen LogP contribution < -0.4 is 11.5 Å². The van der Waals surface area contributed by atoms with Gasteiger partial charge in [0.25, 0.3) is 5.91 Å². The van der Waals surface area contributed by atoms with Gasteiger partial charge in [0.1, 0.15) is 0 Å². The summed E-state index contributed by atoms with van der Waals surface area (Å²) in [6.07, 6.45) is 1.68. The standard InChI is InChI=1S/C11H12BrN5O/c1-5-3-8(9(11(14)18)6(2)15-5)17-4-7(12)10(13)16-17/h3-4H,1-2H3,(H2,13,16)(H2,14,18). The number of hydrogen-bond donors (Lipinski definition) is 2. The summed E-state index contributed by atoms with van der Waals surface area (Å²) in [7, 11) is 0. The van der Waals surface area contributed by atoms with Gasteiger partial charge >= 0.3 is 0 Å². The Morgan fingerprint density at radius 3 is 2.61 bits per heavy atom. The van der Waals surface area contributed by atoms with E-state index in [0.717, 1.165) is 5.69 Å². The summed E-state index contributed by atoms with van der Waals surface area (Å²) in [5.41, 5.74) is 13.3. The average molecular weight is 310 g/mol. The molecule has 1 amide bonds. The normalized spacial score (nSPS) is 10.6. The maximum atomic E-state index is 11.5. The molecule has 2 rings (SSSR count). The molecule has 7 heteroatoms. The lowest BCUT2D eigenvalue weighted by molar-refractivity contribution is 0.0999. The molecule has 0 bridgehead atoms. The number of nitrogen functional groups attached to an aromatic ring is 1. The molecule has 4 N–H and O–H groups in total. The fraction of sp³-hybridized carbons (Fsp3) is 0.182. The molecule has 0 aliphatic rings. The maximum Gasteiger partial charge on any atom is 0.252 e. The second kappa shape index (κ2) is 4.41. The van der Waals surface area contributed by atoms with E-state index in [-0.39, 0.29) is 0 Å². The first-order chi connectivity index (χ1) is 8.40. The number of nitrogens with two attached hydrogens (primary N) is 2. The van der Waals surface area contributed by atoms with E-state index >= 15 is 0 Å². The molecule has 0 aliphatic carbocycles. The highest BCUT2D eigenvalue weighted by Gasteiger charge is 2.16. The van der Waals surface area contributed by atoms with Crippen LogP contribution in [0, 0.1) is 13.8 Å². The van der Waals surface area contributed by atoms with Crippen LogP contribution in [0.4, 0.5) is 5.82 Å². The van der Waals surface area contributed by atoms with Crippen LogP contribution in [0.3, 0.4) is 0 Å². The molecule has 0 aliphatic heterocycles. The van der Waals surface area contributed by atoms with Crippen molar-refractivity contribution in [2.75, 3.05) is 5.73 Å². The fourth-order valence-corrected chi connectivity index (χ4v) is 2.06. The van der Waals surface area contributed by atoms with Gasteiger partial charge < -0.3 is 11.5 Å². The molecule has 0 unspecified atom stereocenters. The third kappa shape index (κ3) is 2.08. The van der Waals surface area contributed by atoms with E-state index in [1.54, 1.807) is 19.2 Å². The van der Waals surface area contributed by atoms with Crippen LogP contribution in [-0.2, 0) is 0 Å². The van der Waals surface area contributed by atoms with Gasteiger partial charge in [0.2, 0.25) is 0 Å². The first kappa shape index (κ1) is 12.6.